The zero-order valence-electron chi connectivity index (χ0n) is 7.56. The van der Waals surface area contributed by atoms with Gasteiger partial charge in [-0.05, 0) is 12.1 Å². The Bertz CT molecular complexity index is 387. The molecule has 0 saturated carbocycles. The van der Waals surface area contributed by atoms with Gasteiger partial charge in [0.25, 0.3) is 0 Å². The standard InChI is InChI=1S/C9H6BrF3O2/c1-15-8(14)5-3-2-4-6(10)7(5)9(11,12)13/h2-4H,1H3. The Morgan fingerprint density at radius 1 is 1.40 bits per heavy atom. The average molecular weight is 283 g/mol. The number of esters is 1. The van der Waals surface area contributed by atoms with E-state index in [1.807, 2.05) is 0 Å². The third kappa shape index (κ3) is 2.50. The van der Waals surface area contributed by atoms with Gasteiger partial charge in [0.1, 0.15) is 0 Å². The number of methoxy groups -OCH3 is 1. The molecule has 0 bridgehead atoms. The molecule has 6 heteroatoms. The lowest BCUT2D eigenvalue weighted by atomic mass is 10.1. The number of carbonyl (C=O) groups excluding carboxylic acids is 1. The van der Waals surface area contributed by atoms with Crippen LogP contribution in [0.5, 0.6) is 0 Å². The molecule has 0 amide bonds. The summed E-state index contributed by atoms with van der Waals surface area (Å²) < 4.78 is 41.8. The van der Waals surface area contributed by atoms with Crippen LogP contribution < -0.4 is 0 Å². The van der Waals surface area contributed by atoms with Crippen LogP contribution in [0, 0.1) is 0 Å². The topological polar surface area (TPSA) is 26.3 Å². The number of hydrogen-bond donors (Lipinski definition) is 0. The molecule has 1 aromatic carbocycles. The Morgan fingerprint density at radius 3 is 2.47 bits per heavy atom. The largest absolute Gasteiger partial charge is 0.465 e. The van der Waals surface area contributed by atoms with Crippen LogP contribution in [-0.4, -0.2) is 13.1 Å². The third-order valence-electron chi connectivity index (χ3n) is 1.70. The summed E-state index contributed by atoms with van der Waals surface area (Å²) in [7, 11) is 1.03. The second kappa shape index (κ2) is 4.22. The van der Waals surface area contributed by atoms with E-state index in [1.54, 1.807) is 0 Å². The van der Waals surface area contributed by atoms with Crippen molar-refractivity contribution in [1.29, 1.82) is 0 Å². The molecule has 0 aliphatic heterocycles. The molecule has 0 atom stereocenters. The van der Waals surface area contributed by atoms with Crippen molar-refractivity contribution in [2.75, 3.05) is 7.11 Å². The summed E-state index contributed by atoms with van der Waals surface area (Å²) in [4.78, 5) is 11.1. The molecule has 2 nitrogen and oxygen atoms in total. The molecule has 0 radical (unpaired) electrons. The molecule has 15 heavy (non-hydrogen) atoms. The monoisotopic (exact) mass is 282 g/mol. The lowest BCUT2D eigenvalue weighted by Crippen LogP contribution is -2.14. The van der Waals surface area contributed by atoms with Crippen molar-refractivity contribution < 1.29 is 22.7 Å². The van der Waals surface area contributed by atoms with Gasteiger partial charge in [0.15, 0.2) is 0 Å². The Hall–Kier alpha value is -1.04. The number of carbonyl (C=O) groups is 1. The zero-order valence-corrected chi connectivity index (χ0v) is 9.15. The van der Waals surface area contributed by atoms with Gasteiger partial charge in [-0.15, -0.1) is 0 Å². The smallest absolute Gasteiger partial charge is 0.418 e. The summed E-state index contributed by atoms with van der Waals surface area (Å²) in [5.74, 6) is -1.01. The number of ether oxygens (including phenoxy) is 1. The fraction of sp³-hybridized carbons (Fsp3) is 0.222. The van der Waals surface area contributed by atoms with E-state index >= 15 is 0 Å². The minimum absolute atomic E-state index is 0.182. The van der Waals surface area contributed by atoms with Crippen LogP contribution in [0.15, 0.2) is 22.7 Å². The molecule has 1 aromatic rings. The Kier molecular flexibility index (Phi) is 3.38. The summed E-state index contributed by atoms with van der Waals surface area (Å²) in [6.45, 7) is 0. The maximum atomic E-state index is 12.6. The highest BCUT2D eigenvalue weighted by Crippen LogP contribution is 2.37. The van der Waals surface area contributed by atoms with Gasteiger partial charge in [-0.1, -0.05) is 22.0 Å². The number of alkyl halides is 3. The number of benzene rings is 1. The molecule has 0 aromatic heterocycles. The van der Waals surface area contributed by atoms with Gasteiger partial charge in [-0.2, -0.15) is 13.2 Å². The normalized spacial score (nSPS) is 11.3. The van der Waals surface area contributed by atoms with Crippen molar-refractivity contribution in [3.8, 4) is 0 Å². The van der Waals surface area contributed by atoms with Crippen molar-refractivity contribution in [3.05, 3.63) is 33.8 Å². The molecule has 82 valence electrons. The summed E-state index contributed by atoms with van der Waals surface area (Å²) in [5, 5.41) is 0. The van der Waals surface area contributed by atoms with Crippen molar-refractivity contribution in [1.82, 2.24) is 0 Å². The quantitative estimate of drug-likeness (QED) is 0.739. The molecular weight excluding hydrogens is 277 g/mol. The molecule has 0 aliphatic rings. The zero-order chi connectivity index (χ0) is 11.6. The van der Waals surface area contributed by atoms with E-state index in [9.17, 15) is 18.0 Å². The summed E-state index contributed by atoms with van der Waals surface area (Å²) >= 11 is 2.75. The van der Waals surface area contributed by atoms with E-state index in [0.717, 1.165) is 13.2 Å². The predicted octanol–water partition coefficient (Wildman–Crippen LogP) is 3.25. The highest BCUT2D eigenvalue weighted by molar-refractivity contribution is 9.10. The van der Waals surface area contributed by atoms with E-state index in [-0.39, 0.29) is 4.47 Å². The van der Waals surface area contributed by atoms with E-state index in [0.29, 0.717) is 0 Å². The van der Waals surface area contributed by atoms with E-state index in [2.05, 4.69) is 20.7 Å². The third-order valence-corrected chi connectivity index (χ3v) is 2.36. The molecule has 1 rings (SSSR count). The van der Waals surface area contributed by atoms with Gasteiger partial charge < -0.3 is 4.74 Å². The van der Waals surface area contributed by atoms with E-state index in [1.165, 1.54) is 12.1 Å². The van der Waals surface area contributed by atoms with E-state index < -0.39 is 23.3 Å². The minimum atomic E-state index is -4.59. The van der Waals surface area contributed by atoms with Crippen LogP contribution in [0.4, 0.5) is 13.2 Å². The highest BCUT2D eigenvalue weighted by atomic mass is 79.9. The molecule has 0 heterocycles. The molecule has 0 saturated heterocycles. The number of rotatable bonds is 1. The molecular formula is C9H6BrF3O2. The minimum Gasteiger partial charge on any atom is -0.465 e. The fourth-order valence-electron chi connectivity index (χ4n) is 1.09. The Labute approximate surface area is 92.2 Å². The second-order valence-corrected chi connectivity index (χ2v) is 3.51. The van der Waals surface area contributed by atoms with Crippen LogP contribution in [0.2, 0.25) is 0 Å². The van der Waals surface area contributed by atoms with Crippen molar-refractivity contribution >= 4 is 21.9 Å². The van der Waals surface area contributed by atoms with Crippen LogP contribution in [0.1, 0.15) is 15.9 Å². The van der Waals surface area contributed by atoms with Gasteiger partial charge in [0.05, 0.1) is 18.2 Å². The first-order chi connectivity index (χ1) is 6.88. The molecule has 0 aliphatic carbocycles. The van der Waals surface area contributed by atoms with Gasteiger partial charge in [0, 0.05) is 4.47 Å². The van der Waals surface area contributed by atoms with E-state index in [4.69, 9.17) is 0 Å². The Morgan fingerprint density at radius 2 is 2.00 bits per heavy atom. The summed E-state index contributed by atoms with van der Waals surface area (Å²) in [5.41, 5.74) is -1.52. The first kappa shape index (κ1) is 12.0. The van der Waals surface area contributed by atoms with Crippen molar-refractivity contribution in [2.45, 2.75) is 6.18 Å². The number of halogens is 4. The number of hydrogen-bond acceptors (Lipinski definition) is 2. The van der Waals surface area contributed by atoms with Crippen LogP contribution in [0.25, 0.3) is 0 Å². The van der Waals surface area contributed by atoms with Crippen LogP contribution >= 0.6 is 15.9 Å². The van der Waals surface area contributed by atoms with Crippen LogP contribution in [-0.2, 0) is 10.9 Å². The first-order valence-electron chi connectivity index (χ1n) is 3.82. The maximum Gasteiger partial charge on any atom is 0.418 e. The highest BCUT2D eigenvalue weighted by Gasteiger charge is 2.37. The summed E-state index contributed by atoms with van der Waals surface area (Å²) in [6.07, 6.45) is -4.59. The molecule has 0 N–H and O–H groups in total. The second-order valence-electron chi connectivity index (χ2n) is 2.65. The van der Waals surface area contributed by atoms with Crippen molar-refractivity contribution in [3.63, 3.8) is 0 Å². The SMILES string of the molecule is COC(=O)c1cccc(Br)c1C(F)(F)F. The Balaban J connectivity index is 3.40. The van der Waals surface area contributed by atoms with Gasteiger partial charge in [-0.3, -0.25) is 0 Å². The molecule has 0 spiro atoms. The molecule has 0 unspecified atom stereocenters. The van der Waals surface area contributed by atoms with Crippen molar-refractivity contribution in [2.24, 2.45) is 0 Å². The first-order valence-corrected chi connectivity index (χ1v) is 4.61. The average Bonchev–Trinajstić information content (AvgIpc) is 2.14. The van der Waals surface area contributed by atoms with Crippen LogP contribution in [0.3, 0.4) is 0 Å². The van der Waals surface area contributed by atoms with Gasteiger partial charge in [-0.25, -0.2) is 4.79 Å². The molecule has 0 fully saturated rings. The lowest BCUT2D eigenvalue weighted by Gasteiger charge is -2.12. The lowest BCUT2D eigenvalue weighted by molar-refractivity contribution is -0.138. The van der Waals surface area contributed by atoms with Gasteiger partial charge in [0.2, 0.25) is 0 Å². The van der Waals surface area contributed by atoms with Gasteiger partial charge >= 0.3 is 12.1 Å². The predicted molar refractivity (Wildman–Crippen MR) is 50.5 cm³/mol. The summed E-state index contributed by atoms with van der Waals surface area (Å²) in [6, 6.07) is 3.63. The fourth-order valence-corrected chi connectivity index (χ4v) is 1.68. The maximum absolute atomic E-state index is 12.6.